The molecule has 4 aliphatic carbocycles. The number of carbonyl (C=O) groups excluding carboxylic acids is 1. The minimum atomic E-state index is 0. The zero-order valence-electron chi connectivity index (χ0n) is 17.1. The topological polar surface area (TPSA) is 91.2 Å². The van der Waals surface area contributed by atoms with E-state index in [1.807, 2.05) is 0 Å². The van der Waals surface area contributed by atoms with Crippen molar-refractivity contribution in [3.63, 3.8) is 0 Å². The Hall–Kier alpha value is -0.560. The molecule has 4 bridgehead atoms. The van der Waals surface area contributed by atoms with Crippen LogP contribution in [0.3, 0.4) is 0 Å². The third-order valence-corrected chi connectivity index (χ3v) is 7.48. The third kappa shape index (κ3) is 7.25. The number of nitrogens with one attached hydrogen (secondary N) is 4. The second-order valence-corrected chi connectivity index (χ2v) is 9.91. The van der Waals surface area contributed by atoms with Crippen molar-refractivity contribution in [1.82, 2.24) is 21.3 Å². The highest BCUT2D eigenvalue weighted by Gasteiger charge is 2.51. The van der Waals surface area contributed by atoms with E-state index in [2.05, 4.69) is 21.3 Å². The first-order chi connectivity index (χ1) is 13.1. The highest BCUT2D eigenvalue weighted by atomic mass is 35.5. The Morgan fingerprint density at radius 3 is 1.63 bits per heavy atom. The van der Waals surface area contributed by atoms with Gasteiger partial charge in [-0.1, -0.05) is 14.9 Å². The lowest BCUT2D eigenvalue weighted by Gasteiger charge is -2.56. The van der Waals surface area contributed by atoms with E-state index in [1.54, 1.807) is 0 Å². The number of hydrogen-bond donors (Lipinski definition) is 5. The molecule has 0 spiro atoms. The van der Waals surface area contributed by atoms with E-state index < -0.39 is 0 Å². The number of nitrogens with two attached hydrogens (primary N) is 1. The van der Waals surface area contributed by atoms with Crippen molar-refractivity contribution < 1.29 is 17.2 Å². The van der Waals surface area contributed by atoms with Crippen LogP contribution in [-0.2, 0) is 0 Å². The third-order valence-electron chi connectivity index (χ3n) is 7.48. The largest absolute Gasteiger partial charge is 1.00 e. The Kier molecular flexibility index (Phi) is 11.4. The Morgan fingerprint density at radius 2 is 1.23 bits per heavy atom. The molecule has 6 fully saturated rings. The van der Waals surface area contributed by atoms with Crippen LogP contribution in [-0.4, -0.2) is 49.8 Å². The predicted octanol–water partition coefficient (Wildman–Crippen LogP) is -0.0203. The van der Waals surface area contributed by atoms with Gasteiger partial charge in [0.2, 0.25) is 0 Å². The number of urea groups is 1. The monoisotopic (exact) mass is 444 g/mol. The van der Waals surface area contributed by atoms with E-state index in [0.29, 0.717) is 12.1 Å². The van der Waals surface area contributed by atoms with Crippen LogP contribution in [0.4, 0.5) is 4.79 Å². The predicted molar refractivity (Wildman–Crippen MR) is 122 cm³/mol. The van der Waals surface area contributed by atoms with E-state index >= 15 is 0 Å². The van der Waals surface area contributed by atoms with Crippen molar-refractivity contribution in [3.8, 4) is 0 Å². The SMILES string of the molecule is C.C.NC1CCNCC1.O=C(NC1CCNCC1)NC12CC3CC(CC(C3)C1)C2.[Cl-]. The highest BCUT2D eigenvalue weighted by Crippen LogP contribution is 2.55. The first-order valence-electron chi connectivity index (χ1n) is 11.4. The molecule has 6 nitrogen and oxygen atoms in total. The fraction of sp³-hybridized carbons (Fsp3) is 0.957. The Morgan fingerprint density at radius 1 is 0.800 bits per heavy atom. The van der Waals surface area contributed by atoms with E-state index in [0.717, 1.165) is 69.6 Å². The summed E-state index contributed by atoms with van der Waals surface area (Å²) >= 11 is 0. The zero-order chi connectivity index (χ0) is 18.7. The molecule has 2 aliphatic heterocycles. The molecule has 0 unspecified atom stereocenters. The Bertz CT molecular complexity index is 471. The average molecular weight is 445 g/mol. The number of hydrogen-bond acceptors (Lipinski definition) is 4. The minimum Gasteiger partial charge on any atom is -1.00 e. The minimum absolute atomic E-state index is 0. The van der Waals surface area contributed by atoms with Gasteiger partial charge in [-0.3, -0.25) is 0 Å². The van der Waals surface area contributed by atoms with Gasteiger partial charge in [0.15, 0.2) is 0 Å². The van der Waals surface area contributed by atoms with Crippen molar-refractivity contribution in [1.29, 1.82) is 0 Å². The molecule has 6 N–H and O–H groups in total. The van der Waals surface area contributed by atoms with Gasteiger partial charge in [0.1, 0.15) is 0 Å². The summed E-state index contributed by atoms with van der Waals surface area (Å²) in [6.45, 7) is 4.28. The molecular formula is C23H47ClN5O-. The van der Waals surface area contributed by atoms with Gasteiger partial charge in [0.05, 0.1) is 0 Å². The Labute approximate surface area is 191 Å². The molecule has 2 amide bonds. The van der Waals surface area contributed by atoms with E-state index in [4.69, 9.17) is 5.73 Å². The van der Waals surface area contributed by atoms with E-state index in [1.165, 1.54) is 38.5 Å². The lowest BCUT2D eigenvalue weighted by atomic mass is 9.53. The van der Waals surface area contributed by atoms with E-state index in [-0.39, 0.29) is 38.8 Å². The van der Waals surface area contributed by atoms with Crippen molar-refractivity contribution in [3.05, 3.63) is 0 Å². The molecule has 2 saturated heterocycles. The highest BCUT2D eigenvalue weighted by molar-refractivity contribution is 5.75. The van der Waals surface area contributed by atoms with Crippen LogP contribution in [0.5, 0.6) is 0 Å². The van der Waals surface area contributed by atoms with Crippen LogP contribution in [0.1, 0.15) is 79.1 Å². The maximum Gasteiger partial charge on any atom is 0.315 e. The van der Waals surface area contributed by atoms with Gasteiger partial charge in [-0.05, 0) is 108 Å². The van der Waals surface area contributed by atoms with Crippen LogP contribution < -0.4 is 39.4 Å². The number of halogens is 1. The molecule has 4 saturated carbocycles. The van der Waals surface area contributed by atoms with Crippen LogP contribution in [0.15, 0.2) is 0 Å². The normalized spacial score (nSPS) is 34.9. The molecule has 30 heavy (non-hydrogen) atoms. The average Bonchev–Trinajstić information content (AvgIpc) is 2.62. The van der Waals surface area contributed by atoms with Crippen LogP contribution in [0.2, 0.25) is 0 Å². The molecule has 2 heterocycles. The molecule has 6 rings (SSSR count). The molecule has 6 aliphatic rings. The molecule has 7 heteroatoms. The summed E-state index contributed by atoms with van der Waals surface area (Å²) in [5.41, 5.74) is 5.74. The van der Waals surface area contributed by atoms with Gasteiger partial charge in [-0.25, -0.2) is 4.79 Å². The maximum absolute atomic E-state index is 12.4. The maximum atomic E-state index is 12.4. The van der Waals surface area contributed by atoms with Crippen LogP contribution >= 0.6 is 0 Å². The summed E-state index contributed by atoms with van der Waals surface area (Å²) in [6, 6.07) is 0.935. The number of carbonyl (C=O) groups is 1. The Balaban J connectivity index is 0.000000391. The van der Waals surface area contributed by atoms with Gasteiger partial charge >= 0.3 is 6.03 Å². The molecule has 0 atom stereocenters. The second kappa shape index (κ2) is 12.5. The molecular weight excluding hydrogens is 398 g/mol. The summed E-state index contributed by atoms with van der Waals surface area (Å²) in [7, 11) is 0. The van der Waals surface area contributed by atoms with Gasteiger partial charge in [-0.15, -0.1) is 0 Å². The van der Waals surface area contributed by atoms with Gasteiger partial charge in [-0.2, -0.15) is 0 Å². The fourth-order valence-corrected chi connectivity index (χ4v) is 6.54. The summed E-state index contributed by atoms with van der Waals surface area (Å²) in [5, 5.41) is 13.2. The molecule has 0 radical (unpaired) electrons. The van der Waals surface area contributed by atoms with E-state index in [9.17, 15) is 4.79 Å². The number of rotatable bonds is 2. The zero-order valence-corrected chi connectivity index (χ0v) is 17.9. The number of piperidine rings is 2. The van der Waals surface area contributed by atoms with Crippen molar-refractivity contribution in [2.45, 2.75) is 96.7 Å². The summed E-state index contributed by atoms with van der Waals surface area (Å²) < 4.78 is 0. The fourth-order valence-electron chi connectivity index (χ4n) is 6.54. The lowest BCUT2D eigenvalue weighted by Crippen LogP contribution is -3.00. The van der Waals surface area contributed by atoms with Crippen LogP contribution in [0.25, 0.3) is 0 Å². The van der Waals surface area contributed by atoms with Gasteiger partial charge < -0.3 is 39.4 Å². The molecule has 178 valence electrons. The summed E-state index contributed by atoms with van der Waals surface area (Å²) in [6.07, 6.45) is 12.4. The number of amides is 2. The lowest BCUT2D eigenvalue weighted by molar-refractivity contribution is -0.0137. The second-order valence-electron chi connectivity index (χ2n) is 9.91. The standard InChI is InChI=1S/C16H27N3O.C5H12N2.2CH4.ClH/c20-15(18-14-1-3-17-4-2-14)19-16-8-11-5-12(9-16)7-13(6-11)10-16;6-5-1-3-7-4-2-5;;;/h11-14,17H,1-10H2,(H2,18,19,20);5,7H,1-4,6H2;2*1H4;1H/p-1. The van der Waals surface area contributed by atoms with Crippen molar-refractivity contribution >= 4 is 6.03 Å². The molecule has 0 aromatic carbocycles. The summed E-state index contributed by atoms with van der Waals surface area (Å²) in [4.78, 5) is 12.4. The quantitative estimate of drug-likeness (QED) is 0.414. The first kappa shape index (κ1) is 27.5. The van der Waals surface area contributed by atoms with Gasteiger partial charge in [0.25, 0.3) is 0 Å². The van der Waals surface area contributed by atoms with Crippen LogP contribution in [0, 0.1) is 17.8 Å². The smallest absolute Gasteiger partial charge is 0.315 e. The molecule has 0 aromatic rings. The van der Waals surface area contributed by atoms with Gasteiger partial charge in [0, 0.05) is 17.6 Å². The van der Waals surface area contributed by atoms with Crippen molar-refractivity contribution in [2.75, 3.05) is 26.2 Å². The van der Waals surface area contributed by atoms with Crippen molar-refractivity contribution in [2.24, 2.45) is 23.5 Å². The summed E-state index contributed by atoms with van der Waals surface area (Å²) in [5.74, 6) is 2.67. The first-order valence-corrected chi connectivity index (χ1v) is 11.4. The molecule has 0 aromatic heterocycles.